The SMILES string of the molecule is FC(F)(F)Oc1ccc(Cc2ncncc2-c2nn[nH]n2)cc1. The van der Waals surface area contributed by atoms with Crippen LogP contribution in [0.25, 0.3) is 11.4 Å². The molecule has 0 fully saturated rings. The minimum Gasteiger partial charge on any atom is -0.406 e. The van der Waals surface area contributed by atoms with E-state index >= 15 is 0 Å². The number of hydrogen-bond acceptors (Lipinski definition) is 6. The first-order chi connectivity index (χ1) is 11.0. The molecule has 2 aromatic heterocycles. The Morgan fingerprint density at radius 3 is 2.57 bits per heavy atom. The van der Waals surface area contributed by atoms with Gasteiger partial charge in [0.15, 0.2) is 0 Å². The lowest BCUT2D eigenvalue weighted by Crippen LogP contribution is -2.17. The first kappa shape index (κ1) is 14.9. The van der Waals surface area contributed by atoms with Gasteiger partial charge in [-0.15, -0.1) is 23.4 Å². The summed E-state index contributed by atoms with van der Waals surface area (Å²) in [6.07, 6.45) is -1.41. The summed E-state index contributed by atoms with van der Waals surface area (Å²) in [4.78, 5) is 8.09. The number of rotatable bonds is 4. The Hall–Kier alpha value is -3.04. The smallest absolute Gasteiger partial charge is 0.406 e. The lowest BCUT2D eigenvalue weighted by molar-refractivity contribution is -0.274. The molecule has 0 aliphatic heterocycles. The molecule has 2 heterocycles. The van der Waals surface area contributed by atoms with E-state index in [2.05, 4.69) is 35.3 Å². The summed E-state index contributed by atoms with van der Waals surface area (Å²) in [5.74, 6) is 0.0694. The first-order valence-corrected chi connectivity index (χ1v) is 6.38. The van der Waals surface area contributed by atoms with E-state index in [1.807, 2.05) is 0 Å². The van der Waals surface area contributed by atoms with Gasteiger partial charge < -0.3 is 4.74 Å². The van der Waals surface area contributed by atoms with Crippen LogP contribution in [0, 0.1) is 0 Å². The van der Waals surface area contributed by atoms with Crippen molar-refractivity contribution in [1.29, 1.82) is 0 Å². The van der Waals surface area contributed by atoms with Crippen molar-refractivity contribution in [3.05, 3.63) is 48.0 Å². The highest BCUT2D eigenvalue weighted by Gasteiger charge is 2.30. The fraction of sp³-hybridized carbons (Fsp3) is 0.154. The molecule has 23 heavy (non-hydrogen) atoms. The number of ether oxygens (including phenoxy) is 1. The summed E-state index contributed by atoms with van der Waals surface area (Å²) in [6, 6.07) is 5.56. The number of aromatic amines is 1. The van der Waals surface area contributed by atoms with Gasteiger partial charge >= 0.3 is 6.36 Å². The summed E-state index contributed by atoms with van der Waals surface area (Å²) in [5, 5.41) is 13.6. The molecule has 7 nitrogen and oxygen atoms in total. The Morgan fingerprint density at radius 1 is 1.13 bits per heavy atom. The Balaban J connectivity index is 1.80. The maximum absolute atomic E-state index is 12.1. The van der Waals surface area contributed by atoms with Gasteiger partial charge in [-0.1, -0.05) is 12.1 Å². The third-order valence-corrected chi connectivity index (χ3v) is 2.91. The number of tetrazole rings is 1. The van der Waals surface area contributed by atoms with Gasteiger partial charge in [-0.25, -0.2) is 9.97 Å². The number of nitrogens with one attached hydrogen (secondary N) is 1. The van der Waals surface area contributed by atoms with E-state index in [9.17, 15) is 13.2 Å². The van der Waals surface area contributed by atoms with E-state index in [1.165, 1.54) is 30.6 Å². The van der Waals surface area contributed by atoms with Crippen LogP contribution in [0.2, 0.25) is 0 Å². The average molecular weight is 322 g/mol. The number of benzene rings is 1. The second kappa shape index (κ2) is 5.99. The predicted octanol–water partition coefficient (Wildman–Crippen LogP) is 2.15. The van der Waals surface area contributed by atoms with Crippen molar-refractivity contribution in [2.24, 2.45) is 0 Å². The lowest BCUT2D eigenvalue weighted by Gasteiger charge is -2.09. The summed E-state index contributed by atoms with van der Waals surface area (Å²) in [5.41, 5.74) is 1.98. The monoisotopic (exact) mass is 322 g/mol. The second-order valence-electron chi connectivity index (χ2n) is 4.49. The molecule has 118 valence electrons. The van der Waals surface area contributed by atoms with Gasteiger partial charge in [-0.3, -0.25) is 0 Å². The van der Waals surface area contributed by atoms with Crippen molar-refractivity contribution >= 4 is 0 Å². The Labute approximate surface area is 127 Å². The predicted molar refractivity (Wildman–Crippen MR) is 71.1 cm³/mol. The van der Waals surface area contributed by atoms with Crippen LogP contribution in [0.15, 0.2) is 36.8 Å². The normalized spacial score (nSPS) is 11.4. The molecule has 1 aromatic carbocycles. The summed E-state index contributed by atoms with van der Waals surface area (Å²) in [7, 11) is 0. The summed E-state index contributed by atoms with van der Waals surface area (Å²) in [6.45, 7) is 0. The maximum atomic E-state index is 12.1. The largest absolute Gasteiger partial charge is 0.573 e. The van der Waals surface area contributed by atoms with Crippen molar-refractivity contribution < 1.29 is 17.9 Å². The van der Waals surface area contributed by atoms with Crippen LogP contribution >= 0.6 is 0 Å². The number of alkyl halides is 3. The van der Waals surface area contributed by atoms with Gasteiger partial charge in [-0.2, -0.15) is 5.21 Å². The molecule has 3 rings (SSSR count). The van der Waals surface area contributed by atoms with Crippen LogP contribution in [0.5, 0.6) is 5.75 Å². The second-order valence-corrected chi connectivity index (χ2v) is 4.49. The van der Waals surface area contributed by atoms with Gasteiger partial charge in [-0.05, 0) is 22.9 Å². The van der Waals surface area contributed by atoms with Gasteiger partial charge in [0.05, 0.1) is 11.3 Å². The first-order valence-electron chi connectivity index (χ1n) is 6.38. The van der Waals surface area contributed by atoms with Gasteiger partial charge in [0, 0.05) is 12.6 Å². The number of hydrogen-bond donors (Lipinski definition) is 1. The molecule has 0 amide bonds. The molecule has 0 spiro atoms. The minimum atomic E-state index is -4.71. The van der Waals surface area contributed by atoms with Crippen LogP contribution in [-0.2, 0) is 6.42 Å². The standard InChI is InChI=1S/C13H9F3N6O/c14-13(15,16)23-9-3-1-8(2-4-9)5-11-10(6-17-7-18-11)12-19-21-22-20-12/h1-4,6-7H,5H2,(H,19,20,21,22). The quantitative estimate of drug-likeness (QED) is 0.791. The van der Waals surface area contributed by atoms with E-state index in [0.717, 1.165) is 5.56 Å². The van der Waals surface area contributed by atoms with Crippen LogP contribution in [-0.4, -0.2) is 37.0 Å². The molecule has 0 saturated carbocycles. The van der Waals surface area contributed by atoms with Crippen LogP contribution in [0.3, 0.4) is 0 Å². The zero-order chi connectivity index (χ0) is 16.3. The summed E-state index contributed by atoms with van der Waals surface area (Å²) >= 11 is 0. The van der Waals surface area contributed by atoms with Crippen LogP contribution in [0.4, 0.5) is 13.2 Å². The third kappa shape index (κ3) is 3.78. The van der Waals surface area contributed by atoms with Crippen LogP contribution in [0.1, 0.15) is 11.3 Å². The van der Waals surface area contributed by atoms with Crippen molar-refractivity contribution in [2.75, 3.05) is 0 Å². The topological polar surface area (TPSA) is 89.5 Å². The molecule has 1 N–H and O–H groups in total. The van der Waals surface area contributed by atoms with E-state index in [0.29, 0.717) is 23.5 Å². The lowest BCUT2D eigenvalue weighted by atomic mass is 10.1. The molecule has 3 aromatic rings. The van der Waals surface area contributed by atoms with Crippen molar-refractivity contribution in [2.45, 2.75) is 12.8 Å². The molecule has 10 heteroatoms. The zero-order valence-electron chi connectivity index (χ0n) is 11.4. The van der Waals surface area contributed by atoms with E-state index in [-0.39, 0.29) is 5.75 Å². The molecule has 0 radical (unpaired) electrons. The van der Waals surface area contributed by atoms with Gasteiger partial charge in [0.2, 0.25) is 5.82 Å². The maximum Gasteiger partial charge on any atom is 0.573 e. The number of aromatic nitrogens is 6. The highest BCUT2D eigenvalue weighted by molar-refractivity contribution is 5.56. The number of halogens is 3. The fourth-order valence-corrected chi connectivity index (χ4v) is 1.96. The van der Waals surface area contributed by atoms with E-state index in [4.69, 9.17) is 0 Å². The highest BCUT2D eigenvalue weighted by Crippen LogP contribution is 2.24. The van der Waals surface area contributed by atoms with Gasteiger partial charge in [0.1, 0.15) is 12.1 Å². The fourth-order valence-electron chi connectivity index (χ4n) is 1.96. The van der Waals surface area contributed by atoms with Crippen molar-refractivity contribution in [3.8, 4) is 17.1 Å². The molecular weight excluding hydrogens is 313 g/mol. The molecule has 0 aliphatic rings. The molecule has 0 bridgehead atoms. The highest BCUT2D eigenvalue weighted by atomic mass is 19.4. The molecular formula is C13H9F3N6O. The molecule has 0 saturated heterocycles. The Bertz CT molecular complexity index is 773. The van der Waals surface area contributed by atoms with Gasteiger partial charge in [0.25, 0.3) is 0 Å². The van der Waals surface area contributed by atoms with Crippen LogP contribution < -0.4 is 4.74 Å². The van der Waals surface area contributed by atoms with Crippen molar-refractivity contribution in [1.82, 2.24) is 30.6 Å². The van der Waals surface area contributed by atoms with E-state index in [1.54, 1.807) is 6.20 Å². The Kier molecular flexibility index (Phi) is 3.87. The Morgan fingerprint density at radius 2 is 1.91 bits per heavy atom. The third-order valence-electron chi connectivity index (χ3n) is 2.91. The van der Waals surface area contributed by atoms with Crippen molar-refractivity contribution in [3.63, 3.8) is 0 Å². The zero-order valence-corrected chi connectivity index (χ0v) is 11.4. The summed E-state index contributed by atoms with van der Waals surface area (Å²) < 4.78 is 40.2. The molecule has 0 unspecified atom stereocenters. The van der Waals surface area contributed by atoms with E-state index < -0.39 is 6.36 Å². The molecule has 0 atom stereocenters. The number of nitrogens with zero attached hydrogens (tertiary/aromatic N) is 5. The average Bonchev–Trinajstić information content (AvgIpc) is 3.02. The minimum absolute atomic E-state index is 0.276. The number of H-pyrrole nitrogens is 1. The molecule has 0 aliphatic carbocycles.